The van der Waals surface area contributed by atoms with Crippen LogP contribution in [0.4, 0.5) is 0 Å². The van der Waals surface area contributed by atoms with Gasteiger partial charge in [-0.2, -0.15) is 0 Å². The molecule has 0 atom stereocenters. The number of thiazole rings is 1. The van der Waals surface area contributed by atoms with Crippen LogP contribution in [0, 0.1) is 0 Å². The summed E-state index contributed by atoms with van der Waals surface area (Å²) in [5.74, 6) is -0.00512. The lowest BCUT2D eigenvalue weighted by atomic mass is 10.0. The maximum Gasteiger partial charge on any atom is 0.308 e. The van der Waals surface area contributed by atoms with E-state index in [1.807, 2.05) is 53.1 Å². The van der Waals surface area contributed by atoms with Crippen molar-refractivity contribution in [2.75, 3.05) is 19.6 Å². The summed E-state index contributed by atoms with van der Waals surface area (Å²) >= 11 is 1.23. The Bertz CT molecular complexity index is 989. The Kier molecular flexibility index (Phi) is 7.05. The highest BCUT2D eigenvalue weighted by molar-refractivity contribution is 7.16. The number of rotatable bonds is 5. The number of halogens is 1. The predicted octanol–water partition coefficient (Wildman–Crippen LogP) is 4.59. The Labute approximate surface area is 175 Å². The Morgan fingerprint density at radius 3 is 2.32 bits per heavy atom. The second-order valence-corrected chi connectivity index (χ2v) is 8.15. The molecule has 0 unspecified atom stereocenters. The van der Waals surface area contributed by atoms with Crippen LogP contribution in [0.25, 0.3) is 10.2 Å². The molecule has 1 saturated heterocycles. The summed E-state index contributed by atoms with van der Waals surface area (Å²) in [6.45, 7) is 3.89. The van der Waals surface area contributed by atoms with Crippen molar-refractivity contribution in [1.29, 1.82) is 0 Å². The van der Waals surface area contributed by atoms with Gasteiger partial charge in [0.1, 0.15) is 0 Å². The molecule has 2 heterocycles. The number of fused-ring (bicyclic) bond motifs is 1. The summed E-state index contributed by atoms with van der Waals surface area (Å²) in [6.07, 6.45) is 5.14. The van der Waals surface area contributed by atoms with Crippen molar-refractivity contribution in [3.8, 4) is 0 Å². The number of carbonyl (C=O) groups excluding carboxylic acids is 1. The minimum Gasteiger partial charge on any atom is -0.302 e. The van der Waals surface area contributed by atoms with E-state index in [0.717, 1.165) is 29.9 Å². The average Bonchev–Trinajstić information content (AvgIpc) is 2.86. The molecule has 0 saturated carbocycles. The van der Waals surface area contributed by atoms with Gasteiger partial charge in [0.15, 0.2) is 5.78 Å². The average molecular weight is 417 g/mol. The normalized spacial score (nSPS) is 15.1. The topological polar surface area (TPSA) is 42.3 Å². The van der Waals surface area contributed by atoms with Gasteiger partial charge >= 0.3 is 4.87 Å². The molecule has 2 aromatic carbocycles. The Morgan fingerprint density at radius 1 is 0.893 bits per heavy atom. The SMILES string of the molecule is Cl.O=C(c1ccccc1)c1ccc2c(c1)sc(=O)n2CCN1CCCCCC1. The van der Waals surface area contributed by atoms with Crippen molar-refractivity contribution in [3.63, 3.8) is 0 Å². The maximum absolute atomic E-state index is 12.7. The highest BCUT2D eigenvalue weighted by atomic mass is 35.5. The zero-order valence-corrected chi connectivity index (χ0v) is 17.4. The fourth-order valence-electron chi connectivity index (χ4n) is 3.78. The van der Waals surface area contributed by atoms with Gasteiger partial charge in [0.2, 0.25) is 0 Å². The lowest BCUT2D eigenvalue weighted by molar-refractivity contribution is 0.103. The monoisotopic (exact) mass is 416 g/mol. The molecule has 3 aromatic rings. The molecule has 0 bridgehead atoms. The summed E-state index contributed by atoms with van der Waals surface area (Å²) < 4.78 is 2.75. The molecule has 4 rings (SSSR count). The molecule has 1 fully saturated rings. The molecular weight excluding hydrogens is 392 g/mol. The van der Waals surface area contributed by atoms with Crippen LogP contribution in [0.1, 0.15) is 41.6 Å². The highest BCUT2D eigenvalue weighted by Crippen LogP contribution is 2.21. The Morgan fingerprint density at radius 2 is 1.61 bits per heavy atom. The van der Waals surface area contributed by atoms with Gasteiger partial charge in [-0.15, -0.1) is 12.4 Å². The number of hydrogen-bond acceptors (Lipinski definition) is 4. The number of nitrogens with zero attached hydrogens (tertiary/aromatic N) is 2. The quantitative estimate of drug-likeness (QED) is 0.571. The van der Waals surface area contributed by atoms with Gasteiger partial charge in [-0.1, -0.05) is 54.5 Å². The van der Waals surface area contributed by atoms with E-state index in [0.29, 0.717) is 17.7 Å². The van der Waals surface area contributed by atoms with Gasteiger partial charge in [0, 0.05) is 24.2 Å². The third-order valence-corrected chi connectivity index (χ3v) is 6.25. The van der Waals surface area contributed by atoms with Crippen LogP contribution in [-0.2, 0) is 6.54 Å². The molecule has 6 heteroatoms. The number of aromatic nitrogens is 1. The Hall–Kier alpha value is -1.95. The van der Waals surface area contributed by atoms with Gasteiger partial charge in [-0.3, -0.25) is 14.2 Å². The molecule has 0 aliphatic carbocycles. The molecule has 0 N–H and O–H groups in total. The number of likely N-dealkylation sites (tertiary alicyclic amines) is 1. The molecular formula is C22H25ClN2O2S. The fraction of sp³-hybridized carbons (Fsp3) is 0.364. The van der Waals surface area contributed by atoms with E-state index in [2.05, 4.69) is 4.90 Å². The minimum absolute atomic E-state index is 0. The van der Waals surface area contributed by atoms with Crippen LogP contribution >= 0.6 is 23.7 Å². The first kappa shape index (κ1) is 20.8. The lowest BCUT2D eigenvalue weighted by Crippen LogP contribution is -2.30. The predicted molar refractivity (Wildman–Crippen MR) is 118 cm³/mol. The number of carbonyl (C=O) groups is 1. The molecule has 0 radical (unpaired) electrons. The number of hydrogen-bond donors (Lipinski definition) is 0. The van der Waals surface area contributed by atoms with E-state index >= 15 is 0 Å². The number of ketones is 1. The maximum atomic E-state index is 12.7. The van der Waals surface area contributed by atoms with Crippen LogP contribution in [0.2, 0.25) is 0 Å². The van der Waals surface area contributed by atoms with Crippen molar-refractivity contribution in [2.45, 2.75) is 32.2 Å². The van der Waals surface area contributed by atoms with E-state index in [1.165, 1.54) is 37.0 Å². The molecule has 1 aliphatic rings. The van der Waals surface area contributed by atoms with Crippen LogP contribution in [0.3, 0.4) is 0 Å². The summed E-state index contributed by atoms with van der Waals surface area (Å²) in [6, 6.07) is 14.9. The van der Waals surface area contributed by atoms with E-state index in [1.54, 1.807) is 0 Å². The molecule has 28 heavy (non-hydrogen) atoms. The van der Waals surface area contributed by atoms with Gasteiger partial charge in [-0.05, 0) is 44.1 Å². The van der Waals surface area contributed by atoms with E-state index in [9.17, 15) is 9.59 Å². The molecule has 1 aliphatic heterocycles. The van der Waals surface area contributed by atoms with E-state index in [4.69, 9.17) is 0 Å². The van der Waals surface area contributed by atoms with Crippen LogP contribution in [-0.4, -0.2) is 34.9 Å². The van der Waals surface area contributed by atoms with Crippen molar-refractivity contribution < 1.29 is 4.79 Å². The summed E-state index contributed by atoms with van der Waals surface area (Å²) in [5.41, 5.74) is 2.24. The van der Waals surface area contributed by atoms with Gasteiger partial charge in [0.25, 0.3) is 0 Å². The van der Waals surface area contributed by atoms with Crippen LogP contribution in [0.5, 0.6) is 0 Å². The summed E-state index contributed by atoms with van der Waals surface area (Å²) in [7, 11) is 0. The largest absolute Gasteiger partial charge is 0.308 e. The second kappa shape index (κ2) is 9.50. The first-order valence-corrected chi connectivity index (χ1v) is 10.5. The van der Waals surface area contributed by atoms with Crippen molar-refractivity contribution in [1.82, 2.24) is 9.47 Å². The third-order valence-electron chi connectivity index (χ3n) is 5.30. The van der Waals surface area contributed by atoms with Gasteiger partial charge in [-0.25, -0.2) is 0 Å². The molecule has 148 valence electrons. The standard InChI is InChI=1S/C22H24N2O2S.ClH/c25-21(17-8-4-3-5-9-17)18-10-11-19-20(16-18)27-22(26)24(19)15-14-23-12-6-1-2-7-13-23;/h3-5,8-11,16H,1-2,6-7,12-15H2;1H. The lowest BCUT2D eigenvalue weighted by Gasteiger charge is -2.19. The van der Waals surface area contributed by atoms with Gasteiger partial charge in [0.05, 0.1) is 10.2 Å². The third kappa shape index (κ3) is 4.54. The van der Waals surface area contributed by atoms with Crippen molar-refractivity contribution >= 4 is 39.7 Å². The van der Waals surface area contributed by atoms with Crippen molar-refractivity contribution in [3.05, 3.63) is 69.3 Å². The highest BCUT2D eigenvalue weighted by Gasteiger charge is 2.14. The van der Waals surface area contributed by atoms with E-state index in [-0.39, 0.29) is 23.1 Å². The molecule has 0 amide bonds. The van der Waals surface area contributed by atoms with Crippen molar-refractivity contribution in [2.24, 2.45) is 0 Å². The Balaban J connectivity index is 0.00000225. The number of benzene rings is 2. The first-order valence-electron chi connectivity index (χ1n) is 9.68. The first-order chi connectivity index (χ1) is 13.2. The summed E-state index contributed by atoms with van der Waals surface area (Å²) in [4.78, 5) is 27.7. The van der Waals surface area contributed by atoms with Crippen LogP contribution in [0.15, 0.2) is 53.3 Å². The minimum atomic E-state index is -0.00512. The summed E-state index contributed by atoms with van der Waals surface area (Å²) in [5, 5.41) is 0. The zero-order valence-electron chi connectivity index (χ0n) is 15.8. The molecule has 1 aromatic heterocycles. The molecule has 0 spiro atoms. The smallest absolute Gasteiger partial charge is 0.302 e. The fourth-order valence-corrected chi connectivity index (χ4v) is 4.73. The zero-order chi connectivity index (χ0) is 18.6. The van der Waals surface area contributed by atoms with E-state index < -0.39 is 0 Å². The molecule has 4 nitrogen and oxygen atoms in total. The van der Waals surface area contributed by atoms with Gasteiger partial charge < -0.3 is 4.90 Å². The van der Waals surface area contributed by atoms with Crippen LogP contribution < -0.4 is 4.87 Å². The second-order valence-electron chi connectivity index (χ2n) is 7.15.